The van der Waals surface area contributed by atoms with Gasteiger partial charge in [-0.1, -0.05) is 24.3 Å². The van der Waals surface area contributed by atoms with E-state index in [1.807, 2.05) is 12.1 Å². The van der Waals surface area contributed by atoms with Crippen LogP contribution in [0.5, 0.6) is 5.75 Å². The number of nitrogens with one attached hydrogen (secondary N) is 2. The molecule has 154 valence electrons. The van der Waals surface area contributed by atoms with E-state index in [-0.39, 0.29) is 17.9 Å². The van der Waals surface area contributed by atoms with Crippen molar-refractivity contribution in [1.82, 2.24) is 0 Å². The van der Waals surface area contributed by atoms with Crippen molar-refractivity contribution in [2.24, 2.45) is 0 Å². The number of nitrogens with zero attached hydrogens (tertiary/aromatic N) is 1. The SMILES string of the molecule is N#Cc1cccc(NC(=O)c2cccc(NC(=O)c3ccccc3OC3CCC3)c2)c1. The Morgan fingerprint density at radius 2 is 1.58 bits per heavy atom. The maximum atomic E-state index is 12.8. The molecular weight excluding hydrogens is 390 g/mol. The highest BCUT2D eigenvalue weighted by Gasteiger charge is 2.22. The first-order valence-electron chi connectivity index (χ1n) is 10.1. The number of carbonyl (C=O) groups excluding carboxylic acids is 2. The average Bonchev–Trinajstić information content (AvgIpc) is 2.77. The van der Waals surface area contributed by atoms with Crippen LogP contribution >= 0.6 is 0 Å². The predicted molar refractivity (Wildman–Crippen MR) is 118 cm³/mol. The fourth-order valence-electron chi connectivity index (χ4n) is 3.23. The van der Waals surface area contributed by atoms with Crippen molar-refractivity contribution in [3.8, 4) is 11.8 Å². The summed E-state index contributed by atoms with van der Waals surface area (Å²) in [5.74, 6) is -0.0647. The molecule has 0 bridgehead atoms. The van der Waals surface area contributed by atoms with Gasteiger partial charge in [0.05, 0.1) is 23.3 Å². The molecule has 0 unspecified atom stereocenters. The first-order chi connectivity index (χ1) is 15.1. The van der Waals surface area contributed by atoms with Crippen molar-refractivity contribution >= 4 is 23.2 Å². The molecule has 0 heterocycles. The molecule has 0 aromatic heterocycles. The lowest BCUT2D eigenvalue weighted by Gasteiger charge is -2.27. The van der Waals surface area contributed by atoms with Gasteiger partial charge in [0, 0.05) is 16.9 Å². The molecule has 2 N–H and O–H groups in total. The minimum Gasteiger partial charge on any atom is -0.490 e. The van der Waals surface area contributed by atoms with E-state index < -0.39 is 0 Å². The number of anilines is 2. The third-order valence-electron chi connectivity index (χ3n) is 5.11. The maximum Gasteiger partial charge on any atom is 0.259 e. The number of amides is 2. The van der Waals surface area contributed by atoms with E-state index in [4.69, 9.17) is 10.00 Å². The van der Waals surface area contributed by atoms with E-state index in [0.29, 0.717) is 33.8 Å². The molecule has 4 rings (SSSR count). The lowest BCUT2D eigenvalue weighted by Crippen LogP contribution is -2.26. The van der Waals surface area contributed by atoms with Gasteiger partial charge in [0.15, 0.2) is 0 Å². The van der Waals surface area contributed by atoms with Gasteiger partial charge in [-0.05, 0) is 67.8 Å². The molecule has 1 saturated carbocycles. The van der Waals surface area contributed by atoms with Crippen LogP contribution in [0.1, 0.15) is 45.5 Å². The largest absolute Gasteiger partial charge is 0.490 e. The molecule has 0 atom stereocenters. The van der Waals surface area contributed by atoms with Gasteiger partial charge < -0.3 is 15.4 Å². The van der Waals surface area contributed by atoms with Crippen LogP contribution in [0.3, 0.4) is 0 Å². The highest BCUT2D eigenvalue weighted by atomic mass is 16.5. The third-order valence-corrected chi connectivity index (χ3v) is 5.11. The van der Waals surface area contributed by atoms with Gasteiger partial charge in [0.1, 0.15) is 5.75 Å². The van der Waals surface area contributed by atoms with Gasteiger partial charge in [-0.25, -0.2) is 0 Å². The molecule has 3 aromatic rings. The van der Waals surface area contributed by atoms with Crippen molar-refractivity contribution in [2.75, 3.05) is 10.6 Å². The number of hydrogen-bond acceptors (Lipinski definition) is 4. The number of nitriles is 1. The van der Waals surface area contributed by atoms with Gasteiger partial charge in [-0.2, -0.15) is 5.26 Å². The lowest BCUT2D eigenvalue weighted by atomic mass is 9.96. The zero-order chi connectivity index (χ0) is 21.6. The Morgan fingerprint density at radius 3 is 2.32 bits per heavy atom. The molecule has 2 amide bonds. The predicted octanol–water partition coefficient (Wildman–Crippen LogP) is 4.99. The highest BCUT2D eigenvalue weighted by Crippen LogP contribution is 2.28. The molecule has 1 fully saturated rings. The Morgan fingerprint density at radius 1 is 0.871 bits per heavy atom. The summed E-state index contributed by atoms with van der Waals surface area (Å²) in [4.78, 5) is 25.5. The summed E-state index contributed by atoms with van der Waals surface area (Å²) in [5.41, 5.74) is 2.33. The molecule has 6 heteroatoms. The summed E-state index contributed by atoms with van der Waals surface area (Å²) in [6, 6.07) is 22.6. The number of benzene rings is 3. The quantitative estimate of drug-likeness (QED) is 0.597. The molecule has 0 saturated heterocycles. The first kappa shape index (κ1) is 20.2. The average molecular weight is 411 g/mol. The van der Waals surface area contributed by atoms with E-state index in [1.165, 1.54) is 0 Å². The fourth-order valence-corrected chi connectivity index (χ4v) is 3.23. The van der Waals surface area contributed by atoms with Gasteiger partial charge in [0.25, 0.3) is 11.8 Å². The second-order valence-corrected chi connectivity index (χ2v) is 7.35. The van der Waals surface area contributed by atoms with Crippen LogP contribution in [0.4, 0.5) is 11.4 Å². The summed E-state index contributed by atoms with van der Waals surface area (Å²) in [5, 5.41) is 14.6. The molecule has 31 heavy (non-hydrogen) atoms. The van der Waals surface area contributed by atoms with Gasteiger partial charge in [0.2, 0.25) is 0 Å². The summed E-state index contributed by atoms with van der Waals surface area (Å²) >= 11 is 0. The minimum atomic E-state index is -0.333. The van der Waals surface area contributed by atoms with Crippen LogP contribution in [0, 0.1) is 11.3 Å². The Hall–Kier alpha value is -4.11. The lowest BCUT2D eigenvalue weighted by molar-refractivity contribution is 0.0988. The van der Waals surface area contributed by atoms with Crippen LogP contribution in [0.15, 0.2) is 72.8 Å². The van der Waals surface area contributed by atoms with Gasteiger partial charge in [-0.15, -0.1) is 0 Å². The fraction of sp³-hybridized carbons (Fsp3) is 0.160. The molecular formula is C25H21N3O3. The summed E-state index contributed by atoms with van der Waals surface area (Å²) in [6.07, 6.45) is 3.32. The van der Waals surface area contributed by atoms with Gasteiger partial charge >= 0.3 is 0 Å². The molecule has 6 nitrogen and oxygen atoms in total. The van der Waals surface area contributed by atoms with E-state index >= 15 is 0 Å². The molecule has 0 aliphatic heterocycles. The summed E-state index contributed by atoms with van der Waals surface area (Å²) < 4.78 is 5.94. The monoisotopic (exact) mass is 411 g/mol. The molecule has 1 aliphatic rings. The van der Waals surface area contributed by atoms with E-state index in [0.717, 1.165) is 19.3 Å². The van der Waals surface area contributed by atoms with E-state index in [2.05, 4.69) is 10.6 Å². The molecule has 0 radical (unpaired) electrons. The van der Waals surface area contributed by atoms with E-state index in [1.54, 1.807) is 66.7 Å². The molecule has 1 aliphatic carbocycles. The second kappa shape index (κ2) is 9.14. The van der Waals surface area contributed by atoms with E-state index in [9.17, 15) is 9.59 Å². The zero-order valence-corrected chi connectivity index (χ0v) is 16.8. The first-order valence-corrected chi connectivity index (χ1v) is 10.1. The topological polar surface area (TPSA) is 91.2 Å². The Labute approximate surface area is 180 Å². The molecule has 0 spiro atoms. The third kappa shape index (κ3) is 4.90. The number of para-hydroxylation sites is 1. The normalized spacial score (nSPS) is 12.9. The van der Waals surface area contributed by atoms with Crippen LogP contribution < -0.4 is 15.4 Å². The van der Waals surface area contributed by atoms with Crippen molar-refractivity contribution in [3.05, 3.63) is 89.5 Å². The van der Waals surface area contributed by atoms with Crippen molar-refractivity contribution in [1.29, 1.82) is 5.26 Å². The number of ether oxygens (including phenoxy) is 1. The van der Waals surface area contributed by atoms with Crippen molar-refractivity contribution < 1.29 is 14.3 Å². The zero-order valence-electron chi connectivity index (χ0n) is 16.8. The summed E-state index contributed by atoms with van der Waals surface area (Å²) in [6.45, 7) is 0. The summed E-state index contributed by atoms with van der Waals surface area (Å²) in [7, 11) is 0. The van der Waals surface area contributed by atoms with Crippen molar-refractivity contribution in [3.63, 3.8) is 0 Å². The molecule has 3 aromatic carbocycles. The number of hydrogen-bond donors (Lipinski definition) is 2. The Balaban J connectivity index is 1.46. The number of carbonyl (C=O) groups is 2. The van der Waals surface area contributed by atoms with Crippen LogP contribution in [-0.4, -0.2) is 17.9 Å². The van der Waals surface area contributed by atoms with Crippen LogP contribution in [0.2, 0.25) is 0 Å². The maximum absolute atomic E-state index is 12.8. The van der Waals surface area contributed by atoms with Crippen LogP contribution in [-0.2, 0) is 0 Å². The minimum absolute atomic E-state index is 0.167. The standard InChI is InChI=1S/C25H21N3O3/c26-16-17-6-3-8-19(14-17)27-24(29)18-7-4-9-20(15-18)28-25(30)22-12-1-2-13-23(22)31-21-10-5-11-21/h1-4,6-9,12-15,21H,5,10-11H2,(H,27,29)(H,28,30). The van der Waals surface area contributed by atoms with Gasteiger partial charge in [-0.3, -0.25) is 9.59 Å². The highest BCUT2D eigenvalue weighted by molar-refractivity contribution is 6.08. The van der Waals surface area contributed by atoms with Crippen molar-refractivity contribution in [2.45, 2.75) is 25.4 Å². The smallest absolute Gasteiger partial charge is 0.259 e. The Bertz CT molecular complexity index is 1160. The second-order valence-electron chi connectivity index (χ2n) is 7.35. The number of rotatable bonds is 6. The Kier molecular flexibility index (Phi) is 5.95. The van der Waals surface area contributed by atoms with Crippen LogP contribution in [0.25, 0.3) is 0 Å².